The number of rotatable bonds is 7. The van der Waals surface area contributed by atoms with E-state index in [0.29, 0.717) is 12.1 Å². The number of thioether (sulfide) groups is 1. The Kier molecular flexibility index (Phi) is 5.71. The molecular weight excluding hydrogens is 291 g/mol. The Bertz CT molecular complexity index is 608. The lowest BCUT2D eigenvalue weighted by Gasteiger charge is -2.05. The summed E-state index contributed by atoms with van der Waals surface area (Å²) in [4.78, 5) is 11.0. The Morgan fingerprint density at radius 3 is 2.62 bits per heavy atom. The largest absolute Gasteiger partial charge is 0.312 e. The molecule has 2 aromatic rings. The third kappa shape index (κ3) is 4.84. The van der Waals surface area contributed by atoms with E-state index in [2.05, 4.69) is 17.4 Å². The van der Waals surface area contributed by atoms with E-state index in [1.54, 1.807) is 17.8 Å². The number of nitrogens with zero attached hydrogens (tertiary/aromatic N) is 1. The fraction of sp³-hybridized carbons (Fsp3) is 0.200. The number of hydrogen-bond donors (Lipinski definition) is 1. The standard InChI is InChI=1S/C15H15FN2O2S/c16-14-10-12(6-7-15(14)18(19)20)11-17-8-9-21-13-4-2-1-3-5-13/h1-7,10,17H,8-9,11H2. The molecule has 2 aromatic carbocycles. The van der Waals surface area contributed by atoms with Crippen LogP contribution in [0.1, 0.15) is 5.56 Å². The SMILES string of the molecule is O=[N+]([O-])c1ccc(CNCCSc2ccccc2)cc1F. The van der Waals surface area contributed by atoms with Gasteiger partial charge in [-0.2, -0.15) is 4.39 Å². The molecule has 0 saturated heterocycles. The molecule has 0 saturated carbocycles. The molecule has 4 nitrogen and oxygen atoms in total. The molecule has 0 aliphatic rings. The normalized spacial score (nSPS) is 10.5. The van der Waals surface area contributed by atoms with Gasteiger partial charge in [0.15, 0.2) is 0 Å². The topological polar surface area (TPSA) is 55.2 Å². The van der Waals surface area contributed by atoms with Crippen LogP contribution >= 0.6 is 11.8 Å². The van der Waals surface area contributed by atoms with Crippen molar-refractivity contribution in [2.75, 3.05) is 12.3 Å². The minimum absolute atomic E-state index is 0.488. The highest BCUT2D eigenvalue weighted by atomic mass is 32.2. The fourth-order valence-corrected chi connectivity index (χ4v) is 2.63. The van der Waals surface area contributed by atoms with Crippen molar-refractivity contribution < 1.29 is 9.31 Å². The number of nitrogens with one attached hydrogen (secondary N) is 1. The van der Waals surface area contributed by atoms with E-state index in [9.17, 15) is 14.5 Å². The van der Waals surface area contributed by atoms with E-state index in [4.69, 9.17) is 0 Å². The van der Waals surface area contributed by atoms with Crippen LogP contribution in [0.15, 0.2) is 53.4 Å². The lowest BCUT2D eigenvalue weighted by molar-refractivity contribution is -0.387. The van der Waals surface area contributed by atoms with Gasteiger partial charge in [0.05, 0.1) is 4.92 Å². The minimum atomic E-state index is -0.794. The van der Waals surface area contributed by atoms with Crippen molar-refractivity contribution in [1.29, 1.82) is 0 Å². The van der Waals surface area contributed by atoms with E-state index >= 15 is 0 Å². The number of nitro groups is 1. The van der Waals surface area contributed by atoms with Crippen molar-refractivity contribution >= 4 is 17.4 Å². The first-order chi connectivity index (χ1) is 10.2. The third-order valence-electron chi connectivity index (χ3n) is 2.83. The van der Waals surface area contributed by atoms with Crippen LogP contribution < -0.4 is 5.32 Å². The van der Waals surface area contributed by atoms with Crippen LogP contribution in [0.4, 0.5) is 10.1 Å². The van der Waals surface area contributed by atoms with Crippen molar-refractivity contribution in [2.24, 2.45) is 0 Å². The van der Waals surface area contributed by atoms with Crippen molar-refractivity contribution in [1.82, 2.24) is 5.32 Å². The average Bonchev–Trinajstić information content (AvgIpc) is 2.47. The van der Waals surface area contributed by atoms with E-state index in [1.165, 1.54) is 17.0 Å². The van der Waals surface area contributed by atoms with Gasteiger partial charge in [0, 0.05) is 29.8 Å². The summed E-state index contributed by atoms with van der Waals surface area (Å²) < 4.78 is 13.4. The Morgan fingerprint density at radius 2 is 1.95 bits per heavy atom. The number of benzene rings is 2. The van der Waals surface area contributed by atoms with Gasteiger partial charge in [0.25, 0.3) is 0 Å². The highest BCUT2D eigenvalue weighted by Gasteiger charge is 2.13. The lowest BCUT2D eigenvalue weighted by atomic mass is 10.2. The first-order valence-electron chi connectivity index (χ1n) is 6.48. The molecule has 0 aromatic heterocycles. The molecular formula is C15H15FN2O2S. The molecule has 0 amide bonds. The minimum Gasteiger partial charge on any atom is -0.312 e. The average molecular weight is 306 g/mol. The molecule has 1 N–H and O–H groups in total. The molecule has 0 aliphatic carbocycles. The van der Waals surface area contributed by atoms with Gasteiger partial charge in [-0.15, -0.1) is 11.8 Å². The predicted molar refractivity (Wildman–Crippen MR) is 81.9 cm³/mol. The summed E-state index contributed by atoms with van der Waals surface area (Å²) in [6, 6.07) is 14.0. The van der Waals surface area contributed by atoms with Crippen LogP contribution in [0.25, 0.3) is 0 Å². The second-order valence-electron chi connectivity index (χ2n) is 4.38. The van der Waals surface area contributed by atoms with Crippen LogP contribution in [0, 0.1) is 15.9 Å². The Balaban J connectivity index is 1.74. The van der Waals surface area contributed by atoms with Gasteiger partial charge in [-0.05, 0) is 23.8 Å². The number of hydrogen-bond acceptors (Lipinski definition) is 4. The molecule has 0 atom stereocenters. The Labute approximate surface area is 126 Å². The molecule has 6 heteroatoms. The van der Waals surface area contributed by atoms with Gasteiger partial charge in [-0.25, -0.2) is 0 Å². The van der Waals surface area contributed by atoms with E-state index in [-0.39, 0.29) is 0 Å². The maximum absolute atomic E-state index is 13.4. The predicted octanol–water partition coefficient (Wildman–Crippen LogP) is 3.62. The summed E-state index contributed by atoms with van der Waals surface area (Å²) >= 11 is 1.74. The number of nitro benzene ring substituents is 1. The molecule has 0 bridgehead atoms. The van der Waals surface area contributed by atoms with Crippen LogP contribution in [-0.4, -0.2) is 17.2 Å². The van der Waals surface area contributed by atoms with Gasteiger partial charge in [-0.1, -0.05) is 24.3 Å². The van der Waals surface area contributed by atoms with Gasteiger partial charge in [0.1, 0.15) is 0 Å². The Morgan fingerprint density at radius 1 is 1.19 bits per heavy atom. The molecule has 0 aliphatic heterocycles. The van der Waals surface area contributed by atoms with Gasteiger partial charge >= 0.3 is 5.69 Å². The summed E-state index contributed by atoms with van der Waals surface area (Å²) in [6.45, 7) is 1.27. The van der Waals surface area contributed by atoms with E-state index in [1.807, 2.05) is 18.2 Å². The highest BCUT2D eigenvalue weighted by molar-refractivity contribution is 7.99. The monoisotopic (exact) mass is 306 g/mol. The first kappa shape index (κ1) is 15.5. The van der Waals surface area contributed by atoms with Crippen molar-refractivity contribution in [3.8, 4) is 0 Å². The summed E-state index contributed by atoms with van der Waals surface area (Å²) in [7, 11) is 0. The van der Waals surface area contributed by atoms with Gasteiger partial charge < -0.3 is 5.32 Å². The maximum atomic E-state index is 13.4. The highest BCUT2D eigenvalue weighted by Crippen LogP contribution is 2.18. The second-order valence-corrected chi connectivity index (χ2v) is 5.55. The Hall–Kier alpha value is -1.92. The first-order valence-corrected chi connectivity index (χ1v) is 7.47. The van der Waals surface area contributed by atoms with Gasteiger partial charge in [-0.3, -0.25) is 10.1 Å². The second kappa shape index (κ2) is 7.75. The fourth-order valence-electron chi connectivity index (χ4n) is 1.80. The lowest BCUT2D eigenvalue weighted by Crippen LogP contribution is -2.16. The zero-order chi connectivity index (χ0) is 15.1. The smallest absolute Gasteiger partial charge is 0.304 e. The summed E-state index contributed by atoms with van der Waals surface area (Å²) in [5.74, 6) is 0.109. The summed E-state index contributed by atoms with van der Waals surface area (Å²) in [6.07, 6.45) is 0. The quantitative estimate of drug-likeness (QED) is 0.367. The number of halogens is 1. The zero-order valence-electron chi connectivity index (χ0n) is 11.3. The molecule has 2 rings (SSSR count). The molecule has 0 heterocycles. The third-order valence-corrected chi connectivity index (χ3v) is 3.84. The molecule has 0 fully saturated rings. The van der Waals surface area contributed by atoms with Crippen molar-refractivity contribution in [2.45, 2.75) is 11.4 Å². The molecule has 21 heavy (non-hydrogen) atoms. The zero-order valence-corrected chi connectivity index (χ0v) is 12.1. The summed E-state index contributed by atoms with van der Waals surface area (Å²) in [5, 5.41) is 13.7. The molecule has 0 spiro atoms. The van der Waals surface area contributed by atoms with Crippen molar-refractivity contribution in [3.63, 3.8) is 0 Å². The van der Waals surface area contributed by atoms with E-state index in [0.717, 1.165) is 12.3 Å². The molecule has 0 radical (unpaired) electrons. The van der Waals surface area contributed by atoms with Gasteiger partial charge in [0.2, 0.25) is 5.82 Å². The molecule has 110 valence electrons. The maximum Gasteiger partial charge on any atom is 0.304 e. The van der Waals surface area contributed by atoms with E-state index < -0.39 is 16.4 Å². The van der Waals surface area contributed by atoms with Crippen LogP contribution in [0.2, 0.25) is 0 Å². The molecule has 0 unspecified atom stereocenters. The van der Waals surface area contributed by atoms with Crippen LogP contribution in [0.5, 0.6) is 0 Å². The van der Waals surface area contributed by atoms with Crippen LogP contribution in [-0.2, 0) is 6.54 Å². The van der Waals surface area contributed by atoms with Crippen LogP contribution in [0.3, 0.4) is 0 Å². The summed E-state index contributed by atoms with van der Waals surface area (Å²) in [5.41, 5.74) is 0.209. The van der Waals surface area contributed by atoms with Crippen molar-refractivity contribution in [3.05, 3.63) is 70.0 Å².